The lowest BCUT2D eigenvalue weighted by atomic mass is 10.1. The summed E-state index contributed by atoms with van der Waals surface area (Å²) in [6.45, 7) is 6.06. The first-order valence-electron chi connectivity index (χ1n) is 9.96. The Morgan fingerprint density at radius 3 is 2.39 bits per heavy atom. The van der Waals surface area contributed by atoms with E-state index >= 15 is 0 Å². The van der Waals surface area contributed by atoms with Crippen molar-refractivity contribution in [3.63, 3.8) is 0 Å². The van der Waals surface area contributed by atoms with Crippen LogP contribution in [0.4, 0.5) is 5.69 Å². The van der Waals surface area contributed by atoms with Gasteiger partial charge >= 0.3 is 0 Å². The van der Waals surface area contributed by atoms with Gasteiger partial charge in [0.05, 0.1) is 5.69 Å². The lowest BCUT2D eigenvalue weighted by molar-refractivity contribution is -0.115. The fourth-order valence-corrected chi connectivity index (χ4v) is 4.19. The third-order valence-corrected chi connectivity index (χ3v) is 6.10. The number of carbonyl (C=O) groups excluding carboxylic acids is 1. The van der Waals surface area contributed by atoms with E-state index in [0.717, 1.165) is 33.6 Å². The maximum atomic E-state index is 13.3. The van der Waals surface area contributed by atoms with E-state index in [-0.39, 0.29) is 5.91 Å². The molecule has 1 atom stereocenters. The number of tetrazole rings is 1. The van der Waals surface area contributed by atoms with Gasteiger partial charge in [0.1, 0.15) is 5.25 Å². The summed E-state index contributed by atoms with van der Waals surface area (Å²) in [6, 6.07) is 23.6. The number of carbonyl (C=O) groups is 1. The van der Waals surface area contributed by atoms with Crippen molar-refractivity contribution in [1.82, 2.24) is 20.2 Å². The molecule has 0 saturated carbocycles. The van der Waals surface area contributed by atoms with Crippen LogP contribution in [0.3, 0.4) is 0 Å². The van der Waals surface area contributed by atoms with E-state index in [9.17, 15) is 4.79 Å². The summed E-state index contributed by atoms with van der Waals surface area (Å²) in [7, 11) is 0. The lowest BCUT2D eigenvalue weighted by Crippen LogP contribution is -2.19. The summed E-state index contributed by atoms with van der Waals surface area (Å²) < 4.78 is 1.70. The molecule has 4 rings (SSSR count). The van der Waals surface area contributed by atoms with Crippen LogP contribution in [-0.4, -0.2) is 26.1 Å². The van der Waals surface area contributed by atoms with Gasteiger partial charge in [0.2, 0.25) is 11.1 Å². The number of amides is 1. The predicted molar refractivity (Wildman–Crippen MR) is 123 cm³/mol. The van der Waals surface area contributed by atoms with Gasteiger partial charge in [-0.2, -0.15) is 4.68 Å². The van der Waals surface area contributed by atoms with Gasteiger partial charge in [0, 0.05) is 5.69 Å². The van der Waals surface area contributed by atoms with Gasteiger partial charge in [-0.1, -0.05) is 71.9 Å². The van der Waals surface area contributed by atoms with Crippen LogP contribution in [0.15, 0.2) is 78.0 Å². The van der Waals surface area contributed by atoms with Crippen molar-refractivity contribution in [1.29, 1.82) is 0 Å². The molecule has 0 aliphatic carbocycles. The van der Waals surface area contributed by atoms with Crippen molar-refractivity contribution >= 4 is 23.4 Å². The highest BCUT2D eigenvalue weighted by molar-refractivity contribution is 8.00. The van der Waals surface area contributed by atoms with Crippen molar-refractivity contribution < 1.29 is 4.79 Å². The Bertz CT molecular complexity index is 1190. The number of thioether (sulfide) groups is 1. The number of nitrogens with one attached hydrogen (secondary N) is 1. The van der Waals surface area contributed by atoms with E-state index in [1.165, 1.54) is 11.8 Å². The van der Waals surface area contributed by atoms with Crippen molar-refractivity contribution in [3.05, 3.63) is 95.1 Å². The van der Waals surface area contributed by atoms with E-state index in [1.807, 2.05) is 87.5 Å². The zero-order valence-electron chi connectivity index (χ0n) is 17.6. The minimum atomic E-state index is -0.516. The first kappa shape index (κ1) is 20.8. The quantitative estimate of drug-likeness (QED) is 0.434. The van der Waals surface area contributed by atoms with Crippen molar-refractivity contribution in [2.24, 2.45) is 0 Å². The van der Waals surface area contributed by atoms with E-state index in [0.29, 0.717) is 5.16 Å². The van der Waals surface area contributed by atoms with E-state index in [2.05, 4.69) is 26.9 Å². The van der Waals surface area contributed by atoms with Crippen LogP contribution in [-0.2, 0) is 4.79 Å². The molecular weight excluding hydrogens is 406 g/mol. The molecule has 4 aromatic rings. The topological polar surface area (TPSA) is 72.7 Å². The van der Waals surface area contributed by atoms with Gasteiger partial charge in [-0.05, 0) is 66.1 Å². The molecular formula is C24H23N5OS. The molecule has 0 aliphatic rings. The molecule has 7 heteroatoms. The summed E-state index contributed by atoms with van der Waals surface area (Å²) >= 11 is 1.33. The molecule has 1 heterocycles. The number of aromatic nitrogens is 4. The standard InChI is InChI=1S/C24H23N5OS/c1-16-10-13-20(14-11-16)25-23(30)22(19-7-5-4-6-8-19)31-24-26-27-28-29(24)21-15-17(2)9-12-18(21)3/h4-15,22H,1-3H3,(H,25,30)/t22-/m1/s1. The second-order valence-corrected chi connectivity index (χ2v) is 8.50. The highest BCUT2D eigenvalue weighted by Crippen LogP contribution is 2.36. The second kappa shape index (κ2) is 9.14. The fraction of sp³-hybridized carbons (Fsp3) is 0.167. The molecule has 1 amide bonds. The van der Waals surface area contributed by atoms with Gasteiger partial charge < -0.3 is 5.32 Å². The summed E-state index contributed by atoms with van der Waals surface area (Å²) in [5.74, 6) is -0.129. The fourth-order valence-electron chi connectivity index (χ4n) is 3.20. The maximum absolute atomic E-state index is 13.3. The van der Waals surface area contributed by atoms with E-state index in [1.54, 1.807) is 4.68 Å². The van der Waals surface area contributed by atoms with Crippen LogP contribution in [0.5, 0.6) is 0 Å². The van der Waals surface area contributed by atoms with Crippen LogP contribution in [0.25, 0.3) is 5.69 Å². The molecule has 3 aromatic carbocycles. The number of anilines is 1. The number of aryl methyl sites for hydroxylation is 3. The summed E-state index contributed by atoms with van der Waals surface area (Å²) in [4.78, 5) is 13.3. The van der Waals surface area contributed by atoms with Crippen LogP contribution in [0.2, 0.25) is 0 Å². The molecule has 0 saturated heterocycles. The molecule has 31 heavy (non-hydrogen) atoms. The van der Waals surface area contributed by atoms with Gasteiger partial charge in [-0.15, -0.1) is 5.10 Å². The van der Waals surface area contributed by atoms with Gasteiger partial charge in [-0.3, -0.25) is 4.79 Å². The minimum absolute atomic E-state index is 0.129. The third kappa shape index (κ3) is 4.83. The molecule has 0 fully saturated rings. The highest BCUT2D eigenvalue weighted by Gasteiger charge is 2.26. The first-order valence-corrected chi connectivity index (χ1v) is 10.8. The molecule has 0 bridgehead atoms. The number of hydrogen-bond donors (Lipinski definition) is 1. The normalized spacial score (nSPS) is 11.8. The molecule has 156 valence electrons. The van der Waals surface area contributed by atoms with Crippen LogP contribution in [0, 0.1) is 20.8 Å². The van der Waals surface area contributed by atoms with Crippen molar-refractivity contribution in [3.8, 4) is 5.69 Å². The minimum Gasteiger partial charge on any atom is -0.325 e. The summed E-state index contributed by atoms with van der Waals surface area (Å²) in [5, 5.41) is 15.3. The Labute approximate surface area is 185 Å². The summed E-state index contributed by atoms with van der Waals surface area (Å²) in [6.07, 6.45) is 0. The Morgan fingerprint density at radius 1 is 0.935 bits per heavy atom. The molecule has 6 nitrogen and oxygen atoms in total. The Hall–Kier alpha value is -3.45. The number of rotatable bonds is 6. The van der Waals surface area contributed by atoms with Gasteiger partial charge in [-0.25, -0.2) is 0 Å². The van der Waals surface area contributed by atoms with E-state index in [4.69, 9.17) is 0 Å². The Balaban J connectivity index is 1.67. The molecule has 1 N–H and O–H groups in total. The smallest absolute Gasteiger partial charge is 0.242 e. The van der Waals surface area contributed by atoms with Crippen LogP contribution in [0.1, 0.15) is 27.5 Å². The molecule has 1 aromatic heterocycles. The lowest BCUT2D eigenvalue weighted by Gasteiger charge is -2.17. The van der Waals surface area contributed by atoms with Gasteiger partial charge in [0.15, 0.2) is 0 Å². The average Bonchev–Trinajstić information content (AvgIpc) is 3.24. The van der Waals surface area contributed by atoms with Crippen LogP contribution < -0.4 is 5.32 Å². The molecule has 0 radical (unpaired) electrons. The predicted octanol–water partition coefficient (Wildman–Crippen LogP) is 5.06. The Kier molecular flexibility index (Phi) is 6.13. The third-order valence-electron chi connectivity index (χ3n) is 4.92. The Morgan fingerprint density at radius 2 is 1.65 bits per heavy atom. The zero-order valence-corrected chi connectivity index (χ0v) is 18.4. The van der Waals surface area contributed by atoms with Gasteiger partial charge in [0.25, 0.3) is 0 Å². The van der Waals surface area contributed by atoms with E-state index < -0.39 is 5.25 Å². The van der Waals surface area contributed by atoms with Crippen molar-refractivity contribution in [2.75, 3.05) is 5.32 Å². The maximum Gasteiger partial charge on any atom is 0.242 e. The zero-order chi connectivity index (χ0) is 21.8. The van der Waals surface area contributed by atoms with Crippen LogP contribution >= 0.6 is 11.8 Å². The first-order chi connectivity index (χ1) is 15.0. The summed E-state index contributed by atoms with van der Waals surface area (Å²) in [5.41, 5.74) is 5.85. The largest absolute Gasteiger partial charge is 0.325 e. The molecule has 0 spiro atoms. The SMILES string of the molecule is Cc1ccc(NC(=O)[C@H](Sc2nnnn2-c2cc(C)ccc2C)c2ccccc2)cc1. The number of hydrogen-bond acceptors (Lipinski definition) is 5. The number of benzene rings is 3. The molecule has 0 unspecified atom stereocenters. The monoisotopic (exact) mass is 429 g/mol. The molecule has 0 aliphatic heterocycles. The average molecular weight is 430 g/mol. The highest BCUT2D eigenvalue weighted by atomic mass is 32.2. The number of nitrogens with zero attached hydrogens (tertiary/aromatic N) is 4. The second-order valence-electron chi connectivity index (χ2n) is 7.43. The van der Waals surface area contributed by atoms with Crippen molar-refractivity contribution in [2.45, 2.75) is 31.2 Å².